The Bertz CT molecular complexity index is 354. The van der Waals surface area contributed by atoms with E-state index in [1.165, 1.54) is 11.3 Å². The summed E-state index contributed by atoms with van der Waals surface area (Å²) in [7, 11) is 0. The summed E-state index contributed by atoms with van der Waals surface area (Å²) in [5.74, 6) is -1.29. The van der Waals surface area contributed by atoms with Crippen LogP contribution in [0, 0.1) is 0 Å². The summed E-state index contributed by atoms with van der Waals surface area (Å²) in [5.41, 5.74) is 0. The van der Waals surface area contributed by atoms with Gasteiger partial charge in [-0.15, -0.1) is 11.3 Å². The lowest BCUT2D eigenvalue weighted by Gasteiger charge is -2.11. The van der Waals surface area contributed by atoms with Crippen molar-refractivity contribution >= 4 is 23.3 Å². The molecule has 8 heteroatoms. The average molecular weight is 245 g/mol. The smallest absolute Gasteiger partial charge is 0.328 e. The second-order valence-corrected chi connectivity index (χ2v) is 3.81. The number of carboxylic acid groups (broad SMARTS) is 1. The van der Waals surface area contributed by atoms with Crippen LogP contribution in [0.15, 0.2) is 11.6 Å². The van der Waals surface area contributed by atoms with Gasteiger partial charge in [-0.1, -0.05) is 0 Å². The largest absolute Gasteiger partial charge is 0.480 e. The SMILES string of the molecule is O=C(NCc1nccs1)N[C@@H](CO)C(=O)O. The molecule has 1 heterocycles. The van der Waals surface area contributed by atoms with Gasteiger partial charge >= 0.3 is 12.0 Å². The van der Waals surface area contributed by atoms with Gasteiger partial charge in [-0.2, -0.15) is 0 Å². The molecule has 0 saturated heterocycles. The van der Waals surface area contributed by atoms with E-state index in [-0.39, 0.29) is 6.54 Å². The Kier molecular flexibility index (Phi) is 4.67. The zero-order chi connectivity index (χ0) is 12.0. The fourth-order valence-electron chi connectivity index (χ4n) is 0.891. The average Bonchev–Trinajstić information content (AvgIpc) is 2.75. The maximum absolute atomic E-state index is 11.2. The van der Waals surface area contributed by atoms with Crippen LogP contribution < -0.4 is 10.6 Å². The molecule has 0 aliphatic heterocycles. The second-order valence-electron chi connectivity index (χ2n) is 2.83. The van der Waals surface area contributed by atoms with Crippen LogP contribution in [-0.4, -0.2) is 39.8 Å². The lowest BCUT2D eigenvalue weighted by molar-refractivity contribution is -0.140. The van der Waals surface area contributed by atoms with E-state index < -0.39 is 24.6 Å². The molecule has 0 spiro atoms. The lowest BCUT2D eigenvalue weighted by atomic mass is 10.3. The van der Waals surface area contributed by atoms with Crippen molar-refractivity contribution in [3.05, 3.63) is 16.6 Å². The number of carbonyl (C=O) groups excluding carboxylic acids is 1. The summed E-state index contributed by atoms with van der Waals surface area (Å²) in [4.78, 5) is 25.6. The number of nitrogens with zero attached hydrogens (tertiary/aromatic N) is 1. The third-order valence-electron chi connectivity index (χ3n) is 1.67. The Morgan fingerprint density at radius 3 is 2.81 bits per heavy atom. The highest BCUT2D eigenvalue weighted by Crippen LogP contribution is 2.02. The van der Waals surface area contributed by atoms with Gasteiger partial charge in [0.15, 0.2) is 6.04 Å². The summed E-state index contributed by atoms with van der Waals surface area (Å²) >= 11 is 1.38. The first-order chi connectivity index (χ1) is 7.63. The molecule has 1 aromatic heterocycles. The molecule has 7 nitrogen and oxygen atoms in total. The predicted octanol–water partition coefficient (Wildman–Crippen LogP) is -0.612. The van der Waals surface area contributed by atoms with Crippen molar-refractivity contribution in [1.82, 2.24) is 15.6 Å². The monoisotopic (exact) mass is 245 g/mol. The number of urea groups is 1. The molecule has 0 aliphatic rings. The number of hydrogen-bond donors (Lipinski definition) is 4. The highest BCUT2D eigenvalue weighted by molar-refractivity contribution is 7.09. The molecule has 4 N–H and O–H groups in total. The first-order valence-electron chi connectivity index (χ1n) is 4.40. The van der Waals surface area contributed by atoms with Crippen LogP contribution in [-0.2, 0) is 11.3 Å². The number of carbonyl (C=O) groups is 2. The second kappa shape index (κ2) is 6.03. The predicted molar refractivity (Wildman–Crippen MR) is 56.0 cm³/mol. The van der Waals surface area contributed by atoms with Gasteiger partial charge in [-0.25, -0.2) is 14.6 Å². The van der Waals surface area contributed by atoms with Crippen LogP contribution >= 0.6 is 11.3 Å². The van der Waals surface area contributed by atoms with Crippen molar-refractivity contribution < 1.29 is 19.8 Å². The molecule has 2 amide bonds. The van der Waals surface area contributed by atoms with Crippen LogP contribution in [0.2, 0.25) is 0 Å². The van der Waals surface area contributed by atoms with Crippen LogP contribution in [0.5, 0.6) is 0 Å². The van der Waals surface area contributed by atoms with Gasteiger partial charge < -0.3 is 20.8 Å². The number of thiazole rings is 1. The Morgan fingerprint density at radius 1 is 1.56 bits per heavy atom. The van der Waals surface area contributed by atoms with E-state index in [4.69, 9.17) is 10.2 Å². The molecule has 1 aromatic rings. The molecular formula is C8H11N3O4S. The minimum atomic E-state index is -1.30. The highest BCUT2D eigenvalue weighted by Gasteiger charge is 2.18. The number of nitrogens with one attached hydrogen (secondary N) is 2. The molecule has 0 aliphatic carbocycles. The van der Waals surface area contributed by atoms with Gasteiger partial charge in [0.1, 0.15) is 5.01 Å². The molecule has 0 saturated carbocycles. The fourth-order valence-corrected chi connectivity index (χ4v) is 1.45. The van der Waals surface area contributed by atoms with Crippen LogP contribution in [0.3, 0.4) is 0 Å². The van der Waals surface area contributed by atoms with Crippen LogP contribution in [0.25, 0.3) is 0 Å². The molecule has 88 valence electrons. The number of amides is 2. The number of aromatic nitrogens is 1. The van der Waals surface area contributed by atoms with Crippen molar-refractivity contribution in [1.29, 1.82) is 0 Å². The first kappa shape index (κ1) is 12.4. The van der Waals surface area contributed by atoms with Crippen molar-refractivity contribution in [2.45, 2.75) is 12.6 Å². The maximum atomic E-state index is 11.2. The van der Waals surface area contributed by atoms with Gasteiger partial charge in [-0.3, -0.25) is 0 Å². The summed E-state index contributed by atoms with van der Waals surface area (Å²) in [5, 5.41) is 24.2. The van der Waals surface area contributed by atoms with E-state index in [0.29, 0.717) is 5.01 Å². The normalized spacial score (nSPS) is 11.8. The van der Waals surface area contributed by atoms with E-state index in [1.54, 1.807) is 11.6 Å². The van der Waals surface area contributed by atoms with Crippen molar-refractivity contribution in [3.8, 4) is 0 Å². The van der Waals surface area contributed by atoms with E-state index in [1.807, 2.05) is 0 Å². The number of rotatable bonds is 5. The Labute approximate surface area is 95.1 Å². The van der Waals surface area contributed by atoms with Gasteiger partial charge in [0, 0.05) is 11.6 Å². The third kappa shape index (κ3) is 3.83. The van der Waals surface area contributed by atoms with Gasteiger partial charge in [0.25, 0.3) is 0 Å². The molecular weight excluding hydrogens is 234 g/mol. The molecule has 0 radical (unpaired) electrons. The number of hydrogen-bond acceptors (Lipinski definition) is 5. The Hall–Kier alpha value is -1.67. The van der Waals surface area contributed by atoms with Crippen molar-refractivity contribution in [2.75, 3.05) is 6.61 Å². The van der Waals surface area contributed by atoms with E-state index >= 15 is 0 Å². The third-order valence-corrected chi connectivity index (χ3v) is 2.45. The Morgan fingerprint density at radius 2 is 2.31 bits per heavy atom. The molecule has 0 unspecified atom stereocenters. The van der Waals surface area contributed by atoms with Crippen molar-refractivity contribution in [2.24, 2.45) is 0 Å². The number of aliphatic hydroxyl groups excluding tert-OH is 1. The maximum Gasteiger partial charge on any atom is 0.328 e. The van der Waals surface area contributed by atoms with Crippen LogP contribution in [0.1, 0.15) is 5.01 Å². The zero-order valence-electron chi connectivity index (χ0n) is 8.21. The summed E-state index contributed by atoms with van der Waals surface area (Å²) in [6.45, 7) is -0.429. The first-order valence-corrected chi connectivity index (χ1v) is 5.28. The van der Waals surface area contributed by atoms with E-state index in [0.717, 1.165) is 0 Å². The fraction of sp³-hybridized carbons (Fsp3) is 0.375. The van der Waals surface area contributed by atoms with Crippen LogP contribution in [0.4, 0.5) is 4.79 Å². The molecule has 1 rings (SSSR count). The summed E-state index contributed by atoms with van der Waals surface area (Å²) in [6, 6.07) is -1.95. The Balaban J connectivity index is 2.33. The van der Waals surface area contributed by atoms with E-state index in [2.05, 4.69) is 15.6 Å². The summed E-state index contributed by atoms with van der Waals surface area (Å²) < 4.78 is 0. The number of aliphatic carboxylic acids is 1. The molecule has 16 heavy (non-hydrogen) atoms. The molecule has 1 atom stereocenters. The standard InChI is InChI=1S/C8H11N3O4S/c12-4-5(7(13)14)11-8(15)10-3-6-9-1-2-16-6/h1-2,5,12H,3-4H2,(H,13,14)(H2,10,11,15)/t5-/m0/s1. The minimum Gasteiger partial charge on any atom is -0.480 e. The molecule has 0 aromatic carbocycles. The van der Waals surface area contributed by atoms with Gasteiger partial charge in [0.05, 0.1) is 13.2 Å². The lowest BCUT2D eigenvalue weighted by Crippen LogP contribution is -2.47. The number of carboxylic acids is 1. The highest BCUT2D eigenvalue weighted by atomic mass is 32.1. The van der Waals surface area contributed by atoms with Crippen molar-refractivity contribution in [3.63, 3.8) is 0 Å². The summed E-state index contributed by atoms with van der Waals surface area (Å²) in [6.07, 6.45) is 1.60. The minimum absolute atomic E-state index is 0.223. The molecule has 0 fully saturated rings. The molecule has 0 bridgehead atoms. The topological polar surface area (TPSA) is 112 Å². The number of aliphatic hydroxyl groups is 1. The van der Waals surface area contributed by atoms with Gasteiger partial charge in [-0.05, 0) is 0 Å². The zero-order valence-corrected chi connectivity index (χ0v) is 9.03. The van der Waals surface area contributed by atoms with Gasteiger partial charge in [0.2, 0.25) is 0 Å². The van der Waals surface area contributed by atoms with E-state index in [9.17, 15) is 9.59 Å². The quantitative estimate of drug-likeness (QED) is 0.553.